The van der Waals surface area contributed by atoms with Crippen LogP contribution in [-0.2, 0) is 6.42 Å². The fraction of sp³-hybridized carbons (Fsp3) is 0.333. The Kier molecular flexibility index (Phi) is 3.39. The molecule has 90 valence electrons. The van der Waals surface area contributed by atoms with E-state index < -0.39 is 0 Å². The van der Waals surface area contributed by atoms with Crippen molar-refractivity contribution in [3.8, 4) is 5.75 Å². The van der Waals surface area contributed by atoms with Crippen LogP contribution in [0.1, 0.15) is 18.9 Å². The van der Waals surface area contributed by atoms with Gasteiger partial charge in [-0.25, -0.2) is 9.98 Å². The Morgan fingerprint density at radius 1 is 1.53 bits per heavy atom. The third-order valence-corrected chi connectivity index (χ3v) is 2.66. The number of hydrogen-bond acceptors (Lipinski definition) is 4. The molecule has 5 nitrogen and oxygen atoms in total. The Bertz CT molecular complexity index is 469. The second kappa shape index (κ2) is 4.97. The molecule has 0 bridgehead atoms. The van der Waals surface area contributed by atoms with Gasteiger partial charge in [0.25, 0.3) is 0 Å². The van der Waals surface area contributed by atoms with Crippen molar-refractivity contribution >= 4 is 23.9 Å². The number of aliphatic imine (C=N–C) groups is 2. The van der Waals surface area contributed by atoms with Crippen molar-refractivity contribution in [2.45, 2.75) is 19.8 Å². The van der Waals surface area contributed by atoms with Crippen molar-refractivity contribution < 1.29 is 9.94 Å². The number of anilines is 1. The van der Waals surface area contributed by atoms with Crippen LogP contribution >= 0.6 is 0 Å². The Morgan fingerprint density at radius 2 is 2.35 bits per heavy atom. The molecule has 0 aliphatic carbocycles. The van der Waals surface area contributed by atoms with Crippen LogP contribution in [0.15, 0.2) is 22.1 Å². The molecule has 0 atom stereocenters. The van der Waals surface area contributed by atoms with Crippen molar-refractivity contribution in [2.24, 2.45) is 9.98 Å². The lowest BCUT2D eigenvalue weighted by Gasteiger charge is -2.19. The van der Waals surface area contributed by atoms with Crippen molar-refractivity contribution in [3.05, 3.63) is 17.7 Å². The number of aryl methyl sites for hydroxylation is 1. The topological polar surface area (TPSA) is 66.2 Å². The summed E-state index contributed by atoms with van der Waals surface area (Å²) in [5.74, 6) is 1.36. The van der Waals surface area contributed by atoms with Crippen LogP contribution in [-0.4, -0.2) is 24.4 Å². The summed E-state index contributed by atoms with van der Waals surface area (Å²) >= 11 is 0. The van der Waals surface area contributed by atoms with Crippen LogP contribution < -0.4 is 10.2 Å². The third-order valence-electron chi connectivity index (χ3n) is 2.66. The Labute approximate surface area is 99.8 Å². The highest BCUT2D eigenvalue weighted by molar-refractivity contribution is 5.88. The maximum atomic E-state index is 9.08. The lowest BCUT2D eigenvalue weighted by Crippen LogP contribution is -2.08. The van der Waals surface area contributed by atoms with Gasteiger partial charge in [0.1, 0.15) is 11.6 Å². The molecule has 1 aromatic carbocycles. The normalized spacial score (nSPS) is 14.8. The predicted octanol–water partition coefficient (Wildman–Crippen LogP) is 2.56. The van der Waals surface area contributed by atoms with Crippen LogP contribution in [0, 0.1) is 0 Å². The molecule has 2 rings (SSSR count). The van der Waals surface area contributed by atoms with Crippen LogP contribution in [0.4, 0.5) is 11.4 Å². The Morgan fingerprint density at radius 3 is 3.06 bits per heavy atom. The van der Waals surface area contributed by atoms with E-state index in [0.29, 0.717) is 23.8 Å². The number of amidine groups is 1. The lowest BCUT2D eigenvalue weighted by atomic mass is 10.0. The highest BCUT2D eigenvalue weighted by Crippen LogP contribution is 2.35. The summed E-state index contributed by atoms with van der Waals surface area (Å²) in [6.07, 6.45) is 1.96. The van der Waals surface area contributed by atoms with Gasteiger partial charge in [-0.2, -0.15) is 0 Å². The zero-order chi connectivity index (χ0) is 12.3. The number of nitrogens with zero attached hydrogens (tertiary/aromatic N) is 2. The molecule has 17 heavy (non-hydrogen) atoms. The quantitative estimate of drug-likeness (QED) is 0.468. The molecule has 0 unspecified atom stereocenters. The van der Waals surface area contributed by atoms with Gasteiger partial charge in [0.05, 0.1) is 18.0 Å². The van der Waals surface area contributed by atoms with Gasteiger partial charge in [-0.05, 0) is 38.1 Å². The van der Waals surface area contributed by atoms with E-state index in [2.05, 4.69) is 22.2 Å². The molecule has 1 heterocycles. The van der Waals surface area contributed by atoms with E-state index in [1.54, 1.807) is 13.0 Å². The Balaban J connectivity index is 2.46. The summed E-state index contributed by atoms with van der Waals surface area (Å²) in [6, 6.07) is 3.66. The summed E-state index contributed by atoms with van der Waals surface area (Å²) in [7, 11) is 0. The minimum absolute atomic E-state index is 0.508. The van der Waals surface area contributed by atoms with Gasteiger partial charge in [0.2, 0.25) is 0 Å². The predicted molar refractivity (Wildman–Crippen MR) is 68.0 cm³/mol. The van der Waals surface area contributed by atoms with Crippen molar-refractivity contribution in [1.82, 2.24) is 0 Å². The average Bonchev–Trinajstić information content (AvgIpc) is 2.37. The SMILES string of the molecule is C=N/C(C)=N\c1cc2c(cc1NO)OCCC2. The van der Waals surface area contributed by atoms with E-state index in [9.17, 15) is 0 Å². The summed E-state index contributed by atoms with van der Waals surface area (Å²) in [4.78, 5) is 8.00. The van der Waals surface area contributed by atoms with Gasteiger partial charge in [-0.1, -0.05) is 0 Å². The third kappa shape index (κ3) is 2.45. The first kappa shape index (κ1) is 11.6. The molecule has 0 saturated carbocycles. The molecular formula is C12H15N3O2. The number of ether oxygens (including phenoxy) is 1. The number of nitrogens with one attached hydrogen (secondary N) is 1. The Hall–Kier alpha value is -1.88. The van der Waals surface area contributed by atoms with Crippen molar-refractivity contribution in [1.29, 1.82) is 0 Å². The molecule has 1 aliphatic rings. The van der Waals surface area contributed by atoms with Crippen LogP contribution in [0.5, 0.6) is 5.75 Å². The fourth-order valence-corrected chi connectivity index (χ4v) is 1.78. The van der Waals surface area contributed by atoms with Crippen LogP contribution in [0.2, 0.25) is 0 Å². The number of benzene rings is 1. The van der Waals surface area contributed by atoms with Gasteiger partial charge in [-0.3, -0.25) is 10.7 Å². The zero-order valence-corrected chi connectivity index (χ0v) is 9.73. The van der Waals surface area contributed by atoms with E-state index >= 15 is 0 Å². The molecule has 1 aliphatic heterocycles. The minimum atomic E-state index is 0.508. The van der Waals surface area contributed by atoms with Crippen molar-refractivity contribution in [2.75, 3.05) is 12.1 Å². The summed E-state index contributed by atoms with van der Waals surface area (Å²) in [5, 5.41) is 9.08. The van der Waals surface area contributed by atoms with E-state index in [0.717, 1.165) is 24.2 Å². The minimum Gasteiger partial charge on any atom is -0.493 e. The maximum Gasteiger partial charge on any atom is 0.125 e. The second-order valence-corrected chi connectivity index (χ2v) is 3.86. The van der Waals surface area contributed by atoms with Crippen LogP contribution in [0.25, 0.3) is 0 Å². The summed E-state index contributed by atoms with van der Waals surface area (Å²) in [5.41, 5.74) is 4.38. The zero-order valence-electron chi connectivity index (χ0n) is 9.73. The smallest absolute Gasteiger partial charge is 0.125 e. The van der Waals surface area contributed by atoms with E-state index in [1.807, 2.05) is 6.07 Å². The van der Waals surface area contributed by atoms with Gasteiger partial charge < -0.3 is 4.74 Å². The maximum absolute atomic E-state index is 9.08. The van der Waals surface area contributed by atoms with Gasteiger partial charge in [0, 0.05) is 6.07 Å². The molecule has 2 N–H and O–H groups in total. The second-order valence-electron chi connectivity index (χ2n) is 3.86. The molecule has 0 fully saturated rings. The number of hydrogen-bond donors (Lipinski definition) is 2. The van der Waals surface area contributed by atoms with Gasteiger partial charge in [0.15, 0.2) is 0 Å². The summed E-state index contributed by atoms with van der Waals surface area (Å²) < 4.78 is 5.52. The highest BCUT2D eigenvalue weighted by Gasteiger charge is 2.14. The summed E-state index contributed by atoms with van der Waals surface area (Å²) in [6.45, 7) is 5.88. The molecule has 0 saturated heterocycles. The molecule has 1 aromatic rings. The average molecular weight is 233 g/mol. The van der Waals surface area contributed by atoms with Crippen molar-refractivity contribution in [3.63, 3.8) is 0 Å². The fourth-order valence-electron chi connectivity index (χ4n) is 1.78. The number of fused-ring (bicyclic) bond motifs is 1. The van der Waals surface area contributed by atoms with Gasteiger partial charge in [-0.15, -0.1) is 0 Å². The van der Waals surface area contributed by atoms with E-state index in [-0.39, 0.29) is 0 Å². The molecular weight excluding hydrogens is 218 g/mol. The highest BCUT2D eigenvalue weighted by atomic mass is 16.5. The lowest BCUT2D eigenvalue weighted by molar-refractivity contribution is 0.288. The monoisotopic (exact) mass is 233 g/mol. The molecule has 0 aromatic heterocycles. The first-order valence-corrected chi connectivity index (χ1v) is 5.46. The first-order chi connectivity index (χ1) is 8.24. The van der Waals surface area contributed by atoms with Gasteiger partial charge >= 0.3 is 0 Å². The molecule has 0 radical (unpaired) electrons. The standard InChI is InChI=1S/C12H15N3O2/c1-8(13-2)14-10-6-9-4-3-5-17-12(9)7-11(10)15-16/h6-7,15-16H,2-5H2,1H3/b14-8-. The van der Waals surface area contributed by atoms with E-state index in [4.69, 9.17) is 9.94 Å². The first-order valence-electron chi connectivity index (χ1n) is 5.46. The van der Waals surface area contributed by atoms with E-state index in [1.165, 1.54) is 0 Å². The largest absolute Gasteiger partial charge is 0.493 e. The molecule has 0 spiro atoms. The number of rotatable bonds is 2. The van der Waals surface area contributed by atoms with Crippen LogP contribution in [0.3, 0.4) is 0 Å². The molecule has 5 heteroatoms. The molecule has 0 amide bonds.